The average molecular weight is 275 g/mol. The van der Waals surface area contributed by atoms with Gasteiger partial charge in [0.2, 0.25) is 11.7 Å². The Morgan fingerprint density at radius 1 is 1.44 bits per heavy atom. The summed E-state index contributed by atoms with van der Waals surface area (Å²) in [6, 6.07) is 0. The van der Waals surface area contributed by atoms with E-state index >= 15 is 0 Å². The Balaban J connectivity index is 3.12. The van der Waals surface area contributed by atoms with Crippen LogP contribution in [0.1, 0.15) is 48.8 Å². The van der Waals surface area contributed by atoms with Gasteiger partial charge in [-0.25, -0.2) is 18.2 Å². The first-order chi connectivity index (χ1) is 8.24. The molecule has 0 aliphatic heterocycles. The lowest BCUT2D eigenvalue weighted by atomic mass is 10.1. The van der Waals surface area contributed by atoms with Gasteiger partial charge in [-0.15, -0.1) is 0 Å². The summed E-state index contributed by atoms with van der Waals surface area (Å²) in [5.74, 6) is -0.990. The minimum Gasteiger partial charge on any atom is -0.460 e. The summed E-state index contributed by atoms with van der Waals surface area (Å²) in [7, 11) is -3.25. The van der Waals surface area contributed by atoms with Crippen LogP contribution in [0.15, 0.2) is 4.42 Å². The van der Waals surface area contributed by atoms with E-state index in [4.69, 9.17) is 9.15 Å². The smallest absolute Gasteiger partial charge is 0.376 e. The molecule has 6 nitrogen and oxygen atoms in total. The summed E-state index contributed by atoms with van der Waals surface area (Å²) < 4.78 is 32.4. The lowest BCUT2D eigenvalue weighted by molar-refractivity contribution is 0.0486. The highest BCUT2D eigenvalue weighted by molar-refractivity contribution is 7.89. The normalized spacial score (nSPS) is 11.8. The summed E-state index contributed by atoms with van der Waals surface area (Å²) in [5.41, 5.74) is 0.423. The molecule has 0 unspecified atom stereocenters. The molecule has 1 aromatic heterocycles. The third-order valence-corrected chi connectivity index (χ3v) is 2.86. The van der Waals surface area contributed by atoms with Gasteiger partial charge in [-0.3, -0.25) is 0 Å². The van der Waals surface area contributed by atoms with Crippen molar-refractivity contribution in [1.29, 1.82) is 0 Å². The largest absolute Gasteiger partial charge is 0.460 e. The molecule has 0 saturated heterocycles. The quantitative estimate of drug-likeness (QED) is 0.757. The van der Waals surface area contributed by atoms with Crippen molar-refractivity contribution < 1.29 is 22.4 Å². The average Bonchev–Trinajstić information content (AvgIpc) is 2.59. The number of carbonyl (C=O) groups is 1. The van der Waals surface area contributed by atoms with E-state index in [0.29, 0.717) is 5.69 Å². The van der Waals surface area contributed by atoms with Gasteiger partial charge in [-0.1, -0.05) is 13.8 Å². The number of hydrogen-bond acceptors (Lipinski definition) is 6. The molecule has 7 heteroatoms. The fraction of sp³-hybridized carbons (Fsp3) is 0.636. The maximum Gasteiger partial charge on any atom is 0.376 e. The van der Waals surface area contributed by atoms with Crippen molar-refractivity contribution >= 4 is 15.8 Å². The van der Waals surface area contributed by atoms with Gasteiger partial charge in [-0.2, -0.15) is 0 Å². The zero-order valence-electron chi connectivity index (χ0n) is 10.9. The number of carbonyl (C=O) groups excluding carboxylic acids is 1. The van der Waals surface area contributed by atoms with Crippen molar-refractivity contribution in [3.63, 3.8) is 0 Å². The molecule has 1 rings (SSSR count). The standard InChI is InChI=1S/C11H17NO5S/c1-5-16-11(13)10-9(7(2)3)12-8(17-10)6-18(4,14)15/h7H,5-6H2,1-4H3. The van der Waals surface area contributed by atoms with Crippen LogP contribution in [0.2, 0.25) is 0 Å². The van der Waals surface area contributed by atoms with E-state index < -0.39 is 15.8 Å². The molecule has 0 aromatic carbocycles. The molecule has 0 aliphatic carbocycles. The summed E-state index contributed by atoms with van der Waals surface area (Å²) in [5, 5.41) is 0. The van der Waals surface area contributed by atoms with Crippen molar-refractivity contribution in [3.8, 4) is 0 Å². The number of oxazole rings is 1. The van der Waals surface area contributed by atoms with E-state index in [1.54, 1.807) is 6.92 Å². The fourth-order valence-electron chi connectivity index (χ4n) is 1.40. The van der Waals surface area contributed by atoms with Crippen LogP contribution in [0, 0.1) is 0 Å². The van der Waals surface area contributed by atoms with E-state index in [0.717, 1.165) is 6.26 Å². The van der Waals surface area contributed by atoms with Gasteiger partial charge in [0.15, 0.2) is 9.84 Å². The van der Waals surface area contributed by atoms with E-state index in [9.17, 15) is 13.2 Å². The van der Waals surface area contributed by atoms with Crippen LogP contribution in [0.4, 0.5) is 0 Å². The van der Waals surface area contributed by atoms with Crippen LogP contribution in [0.5, 0.6) is 0 Å². The predicted octanol–water partition coefficient (Wildman–Crippen LogP) is 1.52. The minimum atomic E-state index is -3.25. The van der Waals surface area contributed by atoms with Gasteiger partial charge in [-0.05, 0) is 12.8 Å². The molecular formula is C11H17NO5S. The number of hydrogen-bond donors (Lipinski definition) is 0. The van der Waals surface area contributed by atoms with Crippen LogP contribution < -0.4 is 0 Å². The molecule has 0 bridgehead atoms. The number of sulfone groups is 1. The highest BCUT2D eigenvalue weighted by Crippen LogP contribution is 2.22. The lowest BCUT2D eigenvalue weighted by Crippen LogP contribution is -2.07. The monoisotopic (exact) mass is 275 g/mol. The number of rotatable bonds is 5. The summed E-state index contributed by atoms with van der Waals surface area (Å²) >= 11 is 0. The van der Waals surface area contributed by atoms with E-state index in [1.165, 1.54) is 0 Å². The second-order valence-corrected chi connectivity index (χ2v) is 6.41. The number of esters is 1. The molecule has 0 fully saturated rings. The van der Waals surface area contributed by atoms with Crippen molar-refractivity contribution in [2.24, 2.45) is 0 Å². The highest BCUT2D eigenvalue weighted by Gasteiger charge is 2.24. The molecule has 0 spiro atoms. The lowest BCUT2D eigenvalue weighted by Gasteiger charge is -2.02. The first kappa shape index (κ1) is 14.7. The number of aromatic nitrogens is 1. The Morgan fingerprint density at radius 3 is 2.50 bits per heavy atom. The summed E-state index contributed by atoms with van der Waals surface area (Å²) in [6.45, 7) is 5.58. The minimum absolute atomic E-state index is 0.00880. The second kappa shape index (κ2) is 5.51. The highest BCUT2D eigenvalue weighted by atomic mass is 32.2. The first-order valence-corrected chi connectivity index (χ1v) is 7.65. The Bertz CT molecular complexity index is 530. The molecule has 0 atom stereocenters. The molecule has 0 aliphatic rings. The number of nitrogens with zero attached hydrogens (tertiary/aromatic N) is 1. The van der Waals surface area contributed by atoms with Crippen molar-refractivity contribution in [2.45, 2.75) is 32.4 Å². The van der Waals surface area contributed by atoms with Crippen molar-refractivity contribution in [2.75, 3.05) is 12.9 Å². The SMILES string of the molecule is CCOC(=O)c1oc(CS(C)(=O)=O)nc1C(C)C. The summed E-state index contributed by atoms with van der Waals surface area (Å²) in [6.07, 6.45) is 1.08. The maximum absolute atomic E-state index is 11.6. The molecule has 18 heavy (non-hydrogen) atoms. The van der Waals surface area contributed by atoms with Gasteiger partial charge in [0.1, 0.15) is 5.75 Å². The Kier molecular flexibility index (Phi) is 4.50. The van der Waals surface area contributed by atoms with Gasteiger partial charge in [0, 0.05) is 6.26 Å². The molecule has 0 N–H and O–H groups in total. The molecule has 0 amide bonds. The molecule has 102 valence electrons. The van der Waals surface area contributed by atoms with Crippen molar-refractivity contribution in [1.82, 2.24) is 4.98 Å². The first-order valence-electron chi connectivity index (χ1n) is 5.59. The van der Waals surface area contributed by atoms with Crippen LogP contribution in [-0.2, 0) is 20.3 Å². The van der Waals surface area contributed by atoms with E-state index in [2.05, 4.69) is 4.98 Å². The Labute approximate surface area is 106 Å². The summed E-state index contributed by atoms with van der Waals surface area (Å²) in [4.78, 5) is 15.7. The van der Waals surface area contributed by atoms with Crippen LogP contribution in [-0.4, -0.2) is 32.2 Å². The maximum atomic E-state index is 11.6. The van der Waals surface area contributed by atoms with Gasteiger partial charge in [0.25, 0.3) is 0 Å². The Morgan fingerprint density at radius 2 is 2.06 bits per heavy atom. The van der Waals surface area contributed by atoms with E-state index in [-0.39, 0.29) is 29.9 Å². The molecule has 0 radical (unpaired) electrons. The molecule has 0 saturated carbocycles. The predicted molar refractivity (Wildman–Crippen MR) is 65.1 cm³/mol. The molecular weight excluding hydrogens is 258 g/mol. The van der Waals surface area contributed by atoms with E-state index in [1.807, 2.05) is 13.8 Å². The van der Waals surface area contributed by atoms with Gasteiger partial charge < -0.3 is 9.15 Å². The topological polar surface area (TPSA) is 86.5 Å². The number of ether oxygens (including phenoxy) is 1. The van der Waals surface area contributed by atoms with Gasteiger partial charge in [0.05, 0.1) is 12.3 Å². The zero-order valence-corrected chi connectivity index (χ0v) is 11.7. The van der Waals surface area contributed by atoms with Crippen LogP contribution >= 0.6 is 0 Å². The third kappa shape index (κ3) is 3.83. The van der Waals surface area contributed by atoms with Crippen molar-refractivity contribution in [3.05, 3.63) is 17.3 Å². The van der Waals surface area contributed by atoms with Crippen LogP contribution in [0.3, 0.4) is 0 Å². The zero-order chi connectivity index (χ0) is 13.9. The van der Waals surface area contributed by atoms with Crippen LogP contribution in [0.25, 0.3) is 0 Å². The third-order valence-electron chi connectivity index (χ3n) is 2.09. The second-order valence-electron chi connectivity index (χ2n) is 4.27. The fourth-order valence-corrected chi connectivity index (χ4v) is 1.97. The molecule has 1 heterocycles. The Hall–Kier alpha value is -1.37. The molecule has 1 aromatic rings. The van der Waals surface area contributed by atoms with Gasteiger partial charge >= 0.3 is 5.97 Å².